The van der Waals surface area contributed by atoms with Gasteiger partial charge in [-0.05, 0) is 42.3 Å². The van der Waals surface area contributed by atoms with Crippen molar-refractivity contribution < 1.29 is 27.4 Å². The lowest BCUT2D eigenvalue weighted by molar-refractivity contribution is -0.275. The van der Waals surface area contributed by atoms with Crippen LogP contribution in [0.2, 0.25) is 0 Å². The number of alkyl halides is 3. The Morgan fingerprint density at radius 1 is 1.17 bits per heavy atom. The Morgan fingerprint density at radius 3 is 2.47 bits per heavy atom. The average Bonchev–Trinajstić information content (AvgIpc) is 2.70. The molecule has 1 atom stereocenters. The van der Waals surface area contributed by atoms with Gasteiger partial charge >= 0.3 is 6.36 Å². The maximum Gasteiger partial charge on any atom is 0.573 e. The highest BCUT2D eigenvalue weighted by atomic mass is 19.4. The molecule has 0 aromatic heterocycles. The SMILES string of the molecule is CCC1CC(=O)N(Cc2ccc(N)cc2)N=C1c1ccc(OC(F)(F)F)c(OC)c1. The summed E-state index contributed by atoms with van der Waals surface area (Å²) in [6, 6.07) is 11.2. The lowest BCUT2D eigenvalue weighted by atomic mass is 9.89. The molecule has 1 amide bonds. The minimum Gasteiger partial charge on any atom is -0.493 e. The van der Waals surface area contributed by atoms with Crippen molar-refractivity contribution in [3.63, 3.8) is 0 Å². The molecule has 30 heavy (non-hydrogen) atoms. The minimum atomic E-state index is -4.83. The van der Waals surface area contributed by atoms with Crippen molar-refractivity contribution in [3.05, 3.63) is 53.6 Å². The molecule has 2 aromatic carbocycles. The molecule has 2 N–H and O–H groups in total. The topological polar surface area (TPSA) is 77.2 Å². The molecule has 0 fully saturated rings. The van der Waals surface area contributed by atoms with Crippen molar-refractivity contribution in [2.24, 2.45) is 11.0 Å². The molecule has 1 aliphatic rings. The van der Waals surface area contributed by atoms with E-state index in [1.807, 2.05) is 19.1 Å². The summed E-state index contributed by atoms with van der Waals surface area (Å²) in [7, 11) is 1.26. The average molecular weight is 421 g/mol. The summed E-state index contributed by atoms with van der Waals surface area (Å²) in [5, 5.41) is 5.91. The predicted octanol–water partition coefficient (Wildman–Crippen LogP) is 4.34. The number of hydrogen-bond donors (Lipinski definition) is 1. The van der Waals surface area contributed by atoms with Gasteiger partial charge in [-0.3, -0.25) is 4.79 Å². The van der Waals surface area contributed by atoms with Gasteiger partial charge in [0.25, 0.3) is 0 Å². The van der Waals surface area contributed by atoms with E-state index in [1.54, 1.807) is 12.1 Å². The zero-order chi connectivity index (χ0) is 21.9. The monoisotopic (exact) mass is 421 g/mol. The standard InChI is InChI=1S/C21H22F3N3O3/c1-3-14-11-19(28)27(12-13-4-7-16(25)8-5-13)26-20(14)15-6-9-17(18(10-15)29-2)30-21(22,23)24/h4-10,14H,3,11-12,25H2,1-2H3. The Bertz CT molecular complexity index is 943. The number of rotatable bonds is 6. The first-order valence-corrected chi connectivity index (χ1v) is 9.37. The number of nitrogens with zero attached hydrogens (tertiary/aromatic N) is 2. The highest BCUT2D eigenvalue weighted by molar-refractivity contribution is 6.06. The van der Waals surface area contributed by atoms with Gasteiger partial charge in [-0.15, -0.1) is 13.2 Å². The van der Waals surface area contributed by atoms with E-state index < -0.39 is 12.1 Å². The van der Waals surface area contributed by atoms with E-state index in [-0.39, 0.29) is 30.5 Å². The second-order valence-corrected chi connectivity index (χ2v) is 6.90. The van der Waals surface area contributed by atoms with E-state index in [2.05, 4.69) is 9.84 Å². The lowest BCUT2D eigenvalue weighted by Gasteiger charge is -2.29. The third kappa shape index (κ3) is 5.03. The maximum absolute atomic E-state index is 12.6. The highest BCUT2D eigenvalue weighted by Crippen LogP contribution is 2.35. The maximum atomic E-state index is 12.6. The summed E-state index contributed by atoms with van der Waals surface area (Å²) in [6.07, 6.45) is -3.91. The Kier molecular flexibility index (Phi) is 6.19. The summed E-state index contributed by atoms with van der Waals surface area (Å²) in [4.78, 5) is 12.6. The second-order valence-electron chi connectivity index (χ2n) is 6.90. The smallest absolute Gasteiger partial charge is 0.493 e. The van der Waals surface area contributed by atoms with Crippen molar-refractivity contribution >= 4 is 17.3 Å². The fourth-order valence-corrected chi connectivity index (χ4v) is 3.27. The van der Waals surface area contributed by atoms with Gasteiger partial charge in [0.2, 0.25) is 5.91 Å². The van der Waals surface area contributed by atoms with Crippen LogP contribution in [0.5, 0.6) is 11.5 Å². The van der Waals surface area contributed by atoms with Crippen LogP contribution in [0.3, 0.4) is 0 Å². The number of carbonyl (C=O) groups is 1. The van der Waals surface area contributed by atoms with Crippen molar-refractivity contribution in [1.82, 2.24) is 5.01 Å². The number of hydrogen-bond acceptors (Lipinski definition) is 5. The van der Waals surface area contributed by atoms with E-state index in [1.165, 1.54) is 30.3 Å². The van der Waals surface area contributed by atoms with E-state index in [0.29, 0.717) is 23.4 Å². The molecule has 1 heterocycles. The van der Waals surface area contributed by atoms with Gasteiger partial charge in [0.15, 0.2) is 11.5 Å². The van der Waals surface area contributed by atoms with Crippen LogP contribution in [0.4, 0.5) is 18.9 Å². The number of hydrazone groups is 1. The first kappa shape index (κ1) is 21.5. The third-order valence-electron chi connectivity index (χ3n) is 4.81. The first-order chi connectivity index (χ1) is 14.2. The van der Waals surface area contributed by atoms with Crippen LogP contribution in [0.25, 0.3) is 0 Å². The normalized spacial score (nSPS) is 17.0. The zero-order valence-electron chi connectivity index (χ0n) is 16.6. The number of anilines is 1. The van der Waals surface area contributed by atoms with E-state index >= 15 is 0 Å². The number of nitrogen functional groups attached to an aromatic ring is 1. The largest absolute Gasteiger partial charge is 0.573 e. The Morgan fingerprint density at radius 2 is 1.87 bits per heavy atom. The molecule has 2 aromatic rings. The van der Waals surface area contributed by atoms with Crippen LogP contribution < -0.4 is 15.2 Å². The Hall–Kier alpha value is -3.23. The van der Waals surface area contributed by atoms with Gasteiger partial charge in [-0.25, -0.2) is 5.01 Å². The van der Waals surface area contributed by atoms with E-state index in [0.717, 1.165) is 5.56 Å². The molecule has 3 rings (SSSR count). The number of amides is 1. The van der Waals surface area contributed by atoms with E-state index in [4.69, 9.17) is 10.5 Å². The number of halogens is 3. The first-order valence-electron chi connectivity index (χ1n) is 9.37. The number of carbonyl (C=O) groups excluding carboxylic acids is 1. The van der Waals surface area contributed by atoms with Gasteiger partial charge in [0.05, 0.1) is 19.4 Å². The van der Waals surface area contributed by atoms with Crippen LogP contribution in [0.1, 0.15) is 30.9 Å². The Balaban J connectivity index is 1.94. The molecule has 1 aliphatic heterocycles. The van der Waals surface area contributed by atoms with Crippen LogP contribution in [-0.4, -0.2) is 30.1 Å². The van der Waals surface area contributed by atoms with Gasteiger partial charge < -0.3 is 15.2 Å². The second kappa shape index (κ2) is 8.64. The lowest BCUT2D eigenvalue weighted by Crippen LogP contribution is -2.36. The summed E-state index contributed by atoms with van der Waals surface area (Å²) in [5.41, 5.74) is 8.37. The molecule has 0 radical (unpaired) electrons. The Labute approximate surface area is 172 Å². The summed E-state index contributed by atoms with van der Waals surface area (Å²) in [6.45, 7) is 2.20. The number of benzene rings is 2. The van der Waals surface area contributed by atoms with Crippen LogP contribution in [-0.2, 0) is 11.3 Å². The molecular weight excluding hydrogens is 399 g/mol. The van der Waals surface area contributed by atoms with Gasteiger partial charge in [0, 0.05) is 23.6 Å². The molecule has 160 valence electrons. The number of ether oxygens (including phenoxy) is 2. The third-order valence-corrected chi connectivity index (χ3v) is 4.81. The van der Waals surface area contributed by atoms with Crippen molar-refractivity contribution in [2.75, 3.05) is 12.8 Å². The highest BCUT2D eigenvalue weighted by Gasteiger charge is 2.33. The van der Waals surface area contributed by atoms with Crippen LogP contribution >= 0.6 is 0 Å². The fourth-order valence-electron chi connectivity index (χ4n) is 3.27. The van der Waals surface area contributed by atoms with Crippen LogP contribution in [0, 0.1) is 5.92 Å². The fraction of sp³-hybridized carbons (Fsp3) is 0.333. The van der Waals surface area contributed by atoms with Gasteiger partial charge in [-0.2, -0.15) is 5.10 Å². The van der Waals surface area contributed by atoms with Crippen LogP contribution in [0.15, 0.2) is 47.6 Å². The molecule has 6 nitrogen and oxygen atoms in total. The molecule has 0 aliphatic carbocycles. The van der Waals surface area contributed by atoms with Crippen molar-refractivity contribution in [3.8, 4) is 11.5 Å². The summed E-state index contributed by atoms with van der Waals surface area (Å²) >= 11 is 0. The van der Waals surface area contributed by atoms with E-state index in [9.17, 15) is 18.0 Å². The predicted molar refractivity (Wildman–Crippen MR) is 106 cm³/mol. The molecule has 0 saturated carbocycles. The quantitative estimate of drug-likeness (QED) is 0.704. The van der Waals surface area contributed by atoms with Gasteiger partial charge in [-0.1, -0.05) is 19.1 Å². The summed E-state index contributed by atoms with van der Waals surface area (Å²) < 4.78 is 46.9. The molecule has 0 bridgehead atoms. The molecule has 9 heteroatoms. The minimum absolute atomic E-state index is 0.0654. The van der Waals surface area contributed by atoms with Crippen molar-refractivity contribution in [1.29, 1.82) is 0 Å². The number of nitrogens with two attached hydrogens (primary N) is 1. The summed E-state index contributed by atoms with van der Waals surface area (Å²) in [5.74, 6) is -0.775. The molecule has 0 saturated heterocycles. The zero-order valence-corrected chi connectivity index (χ0v) is 16.6. The molecular formula is C21H22F3N3O3. The van der Waals surface area contributed by atoms with Gasteiger partial charge in [0.1, 0.15) is 0 Å². The molecule has 1 unspecified atom stereocenters. The van der Waals surface area contributed by atoms with Crippen molar-refractivity contribution in [2.45, 2.75) is 32.7 Å². The molecule has 0 spiro atoms. The number of methoxy groups -OCH3 is 1.